The molecule has 6 heteroatoms. The highest BCUT2D eigenvalue weighted by Gasteiger charge is 2.30. The summed E-state index contributed by atoms with van der Waals surface area (Å²) in [6.07, 6.45) is 1.57. The maximum absolute atomic E-state index is 13.0. The quantitative estimate of drug-likeness (QED) is 0.734. The number of benzene rings is 2. The molecule has 0 saturated heterocycles. The van der Waals surface area contributed by atoms with Crippen LogP contribution in [-0.4, -0.2) is 19.3 Å². The van der Waals surface area contributed by atoms with Crippen LogP contribution < -0.4 is 4.31 Å². The van der Waals surface area contributed by atoms with Crippen molar-refractivity contribution in [3.63, 3.8) is 0 Å². The van der Waals surface area contributed by atoms with Gasteiger partial charge in [0, 0.05) is 18.5 Å². The van der Waals surface area contributed by atoms with E-state index in [-0.39, 0.29) is 10.6 Å². The lowest BCUT2D eigenvalue weighted by Crippen LogP contribution is -2.35. The van der Waals surface area contributed by atoms with Crippen LogP contribution in [0.5, 0.6) is 0 Å². The number of nitrogens with zero attached hydrogens (tertiary/aromatic N) is 2. The summed E-state index contributed by atoms with van der Waals surface area (Å²) >= 11 is 0. The number of sulfonamides is 1. The van der Waals surface area contributed by atoms with Gasteiger partial charge in [-0.1, -0.05) is 35.9 Å². The fourth-order valence-electron chi connectivity index (χ4n) is 2.54. The van der Waals surface area contributed by atoms with E-state index >= 15 is 0 Å². The molecule has 0 aliphatic heterocycles. The van der Waals surface area contributed by atoms with Crippen LogP contribution in [0, 0.1) is 6.92 Å². The van der Waals surface area contributed by atoms with Crippen molar-refractivity contribution in [3.05, 3.63) is 66.4 Å². The molecule has 0 aliphatic carbocycles. The first-order valence-corrected chi connectivity index (χ1v) is 8.81. The Balaban J connectivity index is 2.23. The van der Waals surface area contributed by atoms with E-state index in [4.69, 9.17) is 0 Å². The third-order valence-corrected chi connectivity index (χ3v) is 5.48. The minimum atomic E-state index is -4.02. The second-order valence-corrected chi connectivity index (χ2v) is 7.24. The minimum absolute atomic E-state index is 0.0660. The summed E-state index contributed by atoms with van der Waals surface area (Å²) in [5.41, 5.74) is 1.65. The lowest BCUT2D eigenvalue weighted by Gasteiger charge is -2.22. The Bertz CT molecular complexity index is 1010. The molecular formula is C18H16N2O3S. The van der Waals surface area contributed by atoms with Crippen LogP contribution in [-0.2, 0) is 14.8 Å². The van der Waals surface area contributed by atoms with E-state index in [1.807, 2.05) is 19.1 Å². The van der Waals surface area contributed by atoms with Gasteiger partial charge in [-0.15, -0.1) is 0 Å². The van der Waals surface area contributed by atoms with Gasteiger partial charge in [0.05, 0.1) is 16.1 Å². The summed E-state index contributed by atoms with van der Waals surface area (Å²) in [4.78, 5) is 16.5. The molecule has 0 radical (unpaired) electrons. The molecule has 122 valence electrons. The molecule has 0 N–H and O–H groups in total. The fourth-order valence-corrected chi connectivity index (χ4v) is 3.97. The summed E-state index contributed by atoms with van der Waals surface area (Å²) in [5.74, 6) is -0.589. The highest BCUT2D eigenvalue weighted by atomic mass is 32.2. The average molecular weight is 340 g/mol. The predicted molar refractivity (Wildman–Crippen MR) is 93.3 cm³/mol. The third-order valence-electron chi connectivity index (χ3n) is 3.68. The molecule has 0 aliphatic rings. The van der Waals surface area contributed by atoms with Crippen LogP contribution in [0.2, 0.25) is 0 Å². The summed E-state index contributed by atoms with van der Waals surface area (Å²) in [5, 5.41) is 0.764. The van der Waals surface area contributed by atoms with Crippen LogP contribution in [0.3, 0.4) is 0 Å². The van der Waals surface area contributed by atoms with Crippen LogP contribution in [0.15, 0.2) is 65.7 Å². The van der Waals surface area contributed by atoms with Gasteiger partial charge >= 0.3 is 0 Å². The van der Waals surface area contributed by atoms with Gasteiger partial charge in [0.25, 0.3) is 10.0 Å². The number of para-hydroxylation sites is 1. The fraction of sp³-hybridized carbons (Fsp3) is 0.111. The molecule has 1 amide bonds. The summed E-state index contributed by atoms with van der Waals surface area (Å²) in [6, 6.07) is 15.1. The SMILES string of the molecule is CC(=O)N(c1cccc2cccnc12)S(=O)(=O)c1ccc(C)cc1. The van der Waals surface area contributed by atoms with Crippen molar-refractivity contribution in [2.75, 3.05) is 4.31 Å². The standard InChI is InChI=1S/C18H16N2O3S/c1-13-8-10-16(11-9-13)24(22,23)20(14(2)21)17-7-3-5-15-6-4-12-19-18(15)17/h3-12H,1-2H3. The number of aryl methyl sites for hydroxylation is 1. The Hall–Kier alpha value is -2.73. The first-order valence-electron chi connectivity index (χ1n) is 7.37. The molecule has 0 fully saturated rings. The van der Waals surface area contributed by atoms with Crippen LogP contribution in [0.4, 0.5) is 5.69 Å². The molecule has 2 aromatic carbocycles. The first-order chi connectivity index (χ1) is 11.4. The van der Waals surface area contributed by atoms with Crippen molar-refractivity contribution in [2.24, 2.45) is 0 Å². The molecule has 1 aromatic heterocycles. The lowest BCUT2D eigenvalue weighted by molar-refractivity contribution is -0.115. The molecule has 5 nitrogen and oxygen atoms in total. The second-order valence-electron chi connectivity index (χ2n) is 5.45. The summed E-state index contributed by atoms with van der Waals surface area (Å²) in [6.45, 7) is 3.10. The molecule has 0 spiro atoms. The number of hydrogen-bond acceptors (Lipinski definition) is 4. The highest BCUT2D eigenvalue weighted by molar-refractivity contribution is 7.93. The zero-order valence-corrected chi connectivity index (χ0v) is 14.1. The van der Waals surface area contributed by atoms with Gasteiger partial charge in [-0.2, -0.15) is 0 Å². The largest absolute Gasteiger partial charge is 0.274 e. The predicted octanol–water partition coefficient (Wildman–Crippen LogP) is 3.29. The Morgan fingerprint density at radius 3 is 2.33 bits per heavy atom. The van der Waals surface area contributed by atoms with E-state index in [9.17, 15) is 13.2 Å². The molecule has 0 atom stereocenters. The number of carbonyl (C=O) groups is 1. The van der Waals surface area contributed by atoms with Crippen molar-refractivity contribution in [3.8, 4) is 0 Å². The maximum Gasteiger partial charge on any atom is 0.270 e. The number of pyridine rings is 1. The van der Waals surface area contributed by atoms with Gasteiger partial charge in [0.2, 0.25) is 5.91 Å². The normalized spacial score (nSPS) is 11.4. The van der Waals surface area contributed by atoms with Crippen molar-refractivity contribution in [1.82, 2.24) is 4.98 Å². The zero-order chi connectivity index (χ0) is 17.3. The van der Waals surface area contributed by atoms with E-state index in [1.165, 1.54) is 19.1 Å². The number of rotatable bonds is 3. The van der Waals surface area contributed by atoms with Gasteiger partial charge in [0.1, 0.15) is 0 Å². The van der Waals surface area contributed by atoms with Crippen molar-refractivity contribution in [1.29, 1.82) is 0 Å². The van der Waals surface area contributed by atoms with E-state index < -0.39 is 15.9 Å². The second kappa shape index (κ2) is 6.05. The number of fused-ring (bicyclic) bond motifs is 1. The summed E-state index contributed by atoms with van der Waals surface area (Å²) in [7, 11) is -4.02. The minimum Gasteiger partial charge on any atom is -0.274 e. The number of carbonyl (C=O) groups excluding carboxylic acids is 1. The zero-order valence-electron chi connectivity index (χ0n) is 13.3. The van der Waals surface area contributed by atoms with Crippen molar-refractivity contribution in [2.45, 2.75) is 18.7 Å². The van der Waals surface area contributed by atoms with E-state index in [0.717, 1.165) is 15.3 Å². The van der Waals surface area contributed by atoms with E-state index in [1.54, 1.807) is 36.5 Å². The van der Waals surface area contributed by atoms with Gasteiger partial charge in [0.15, 0.2) is 0 Å². The van der Waals surface area contributed by atoms with Crippen LogP contribution in [0.1, 0.15) is 12.5 Å². The average Bonchev–Trinajstić information content (AvgIpc) is 2.55. The van der Waals surface area contributed by atoms with Gasteiger partial charge in [-0.05, 0) is 31.2 Å². The van der Waals surface area contributed by atoms with Crippen LogP contribution in [0.25, 0.3) is 10.9 Å². The van der Waals surface area contributed by atoms with Gasteiger partial charge < -0.3 is 0 Å². The number of hydrogen-bond donors (Lipinski definition) is 0. The van der Waals surface area contributed by atoms with Crippen molar-refractivity contribution >= 4 is 32.5 Å². The molecular weight excluding hydrogens is 324 g/mol. The molecule has 3 rings (SSSR count). The summed E-state index contributed by atoms with van der Waals surface area (Å²) < 4.78 is 26.8. The Morgan fingerprint density at radius 2 is 1.67 bits per heavy atom. The topological polar surface area (TPSA) is 67.3 Å². The van der Waals surface area contributed by atoms with E-state index in [0.29, 0.717) is 5.52 Å². The molecule has 0 bridgehead atoms. The first kappa shape index (κ1) is 16.1. The number of amides is 1. The molecule has 24 heavy (non-hydrogen) atoms. The third kappa shape index (κ3) is 2.76. The van der Waals surface area contributed by atoms with Gasteiger partial charge in [-0.25, -0.2) is 12.7 Å². The van der Waals surface area contributed by atoms with Crippen molar-refractivity contribution < 1.29 is 13.2 Å². The molecule has 3 aromatic rings. The Labute approximate surface area is 140 Å². The van der Waals surface area contributed by atoms with E-state index in [2.05, 4.69) is 4.98 Å². The van der Waals surface area contributed by atoms with Crippen LogP contribution >= 0.6 is 0 Å². The monoisotopic (exact) mass is 340 g/mol. The smallest absolute Gasteiger partial charge is 0.270 e. The Morgan fingerprint density at radius 1 is 1.00 bits per heavy atom. The number of anilines is 1. The van der Waals surface area contributed by atoms with Gasteiger partial charge in [-0.3, -0.25) is 9.78 Å². The molecule has 0 unspecified atom stereocenters. The Kier molecular flexibility index (Phi) is 4.07. The lowest BCUT2D eigenvalue weighted by atomic mass is 10.2. The number of aromatic nitrogens is 1. The molecule has 0 saturated carbocycles. The molecule has 1 heterocycles. The maximum atomic E-state index is 13.0. The highest BCUT2D eigenvalue weighted by Crippen LogP contribution is 2.30.